The van der Waals surface area contributed by atoms with Crippen molar-refractivity contribution in [1.82, 2.24) is 15.0 Å². The summed E-state index contributed by atoms with van der Waals surface area (Å²) in [5, 5.41) is 6.23. The topological polar surface area (TPSA) is 72.0 Å². The van der Waals surface area contributed by atoms with Crippen LogP contribution in [-0.4, -0.2) is 35.2 Å². The molecule has 2 heterocycles. The van der Waals surface area contributed by atoms with E-state index >= 15 is 0 Å². The fourth-order valence-corrected chi connectivity index (χ4v) is 3.03. The zero-order valence-corrected chi connectivity index (χ0v) is 13.7. The molecule has 0 amide bonds. The molecule has 2 aromatic heterocycles. The van der Waals surface area contributed by atoms with Crippen LogP contribution in [0.25, 0.3) is 0 Å². The lowest BCUT2D eigenvalue weighted by Gasteiger charge is -2.08. The highest BCUT2D eigenvalue weighted by Gasteiger charge is 2.06. The Labute approximate surface area is 130 Å². The van der Waals surface area contributed by atoms with Gasteiger partial charge in [0, 0.05) is 18.0 Å². The first-order chi connectivity index (χ1) is 9.71. The van der Waals surface area contributed by atoms with Crippen LogP contribution in [0.15, 0.2) is 15.9 Å². The fraction of sp³-hybridized carbons (Fsp3) is 0.417. The van der Waals surface area contributed by atoms with E-state index in [1.165, 1.54) is 12.0 Å². The summed E-state index contributed by atoms with van der Waals surface area (Å²) in [6.45, 7) is 3.49. The quantitative estimate of drug-likeness (QED) is 0.793. The maximum atomic E-state index is 5.06. The first-order valence-electron chi connectivity index (χ1n) is 6.23. The SMILES string of the molecule is CCNc1nc(NCCc2ccc(Br)s2)nc(OC)n1. The summed E-state index contributed by atoms with van der Waals surface area (Å²) in [5.41, 5.74) is 0. The number of ether oxygens (including phenoxy) is 1. The Bertz CT molecular complexity index is 563. The second-order valence-corrected chi connectivity index (χ2v) is 6.43. The summed E-state index contributed by atoms with van der Waals surface area (Å²) in [6.07, 6.45) is 0.917. The van der Waals surface area contributed by atoms with E-state index in [1.807, 2.05) is 6.92 Å². The molecule has 0 aliphatic rings. The van der Waals surface area contributed by atoms with Crippen LogP contribution in [0.2, 0.25) is 0 Å². The molecule has 20 heavy (non-hydrogen) atoms. The van der Waals surface area contributed by atoms with Crippen molar-refractivity contribution in [2.24, 2.45) is 0 Å². The molecule has 0 bridgehead atoms. The van der Waals surface area contributed by atoms with Crippen LogP contribution in [0, 0.1) is 0 Å². The number of hydrogen-bond acceptors (Lipinski definition) is 7. The summed E-state index contributed by atoms with van der Waals surface area (Å²) in [5.74, 6) is 1.03. The second kappa shape index (κ2) is 7.39. The zero-order chi connectivity index (χ0) is 14.4. The van der Waals surface area contributed by atoms with Gasteiger partial charge in [-0.3, -0.25) is 0 Å². The average molecular weight is 358 g/mol. The number of thiophene rings is 1. The molecule has 0 fully saturated rings. The van der Waals surface area contributed by atoms with Crippen molar-refractivity contribution >= 4 is 39.2 Å². The smallest absolute Gasteiger partial charge is 0.322 e. The third kappa shape index (κ3) is 4.31. The number of hydrogen-bond donors (Lipinski definition) is 2. The lowest BCUT2D eigenvalue weighted by Crippen LogP contribution is -2.11. The first-order valence-corrected chi connectivity index (χ1v) is 7.84. The van der Waals surface area contributed by atoms with Crippen LogP contribution in [0.4, 0.5) is 11.9 Å². The van der Waals surface area contributed by atoms with Gasteiger partial charge in [0.1, 0.15) is 0 Å². The van der Waals surface area contributed by atoms with E-state index in [-0.39, 0.29) is 0 Å². The number of anilines is 2. The molecule has 0 aliphatic heterocycles. The molecule has 0 radical (unpaired) electrons. The van der Waals surface area contributed by atoms with Gasteiger partial charge in [-0.25, -0.2) is 0 Å². The van der Waals surface area contributed by atoms with E-state index < -0.39 is 0 Å². The van der Waals surface area contributed by atoms with E-state index in [0.717, 1.165) is 23.3 Å². The minimum atomic E-state index is 0.303. The number of nitrogens with one attached hydrogen (secondary N) is 2. The van der Waals surface area contributed by atoms with Crippen LogP contribution in [-0.2, 0) is 6.42 Å². The average Bonchev–Trinajstić information content (AvgIpc) is 2.84. The fourth-order valence-electron chi connectivity index (χ4n) is 1.55. The number of aromatic nitrogens is 3. The molecule has 0 unspecified atom stereocenters. The van der Waals surface area contributed by atoms with Crippen LogP contribution >= 0.6 is 27.3 Å². The van der Waals surface area contributed by atoms with Gasteiger partial charge in [0.15, 0.2) is 0 Å². The molecule has 8 heteroatoms. The molecule has 0 saturated heterocycles. The Morgan fingerprint density at radius 1 is 1.20 bits per heavy atom. The number of halogens is 1. The van der Waals surface area contributed by atoms with Gasteiger partial charge in [0.05, 0.1) is 10.9 Å². The Morgan fingerprint density at radius 2 is 1.95 bits per heavy atom. The van der Waals surface area contributed by atoms with Crippen molar-refractivity contribution in [1.29, 1.82) is 0 Å². The lowest BCUT2D eigenvalue weighted by molar-refractivity contribution is 0.379. The van der Waals surface area contributed by atoms with Crippen LogP contribution in [0.3, 0.4) is 0 Å². The summed E-state index contributed by atoms with van der Waals surface area (Å²) in [7, 11) is 1.54. The van der Waals surface area contributed by atoms with Gasteiger partial charge in [-0.15, -0.1) is 11.3 Å². The van der Waals surface area contributed by atoms with E-state index in [0.29, 0.717) is 17.9 Å². The highest BCUT2D eigenvalue weighted by molar-refractivity contribution is 9.11. The molecular formula is C12H16BrN5OS. The lowest BCUT2D eigenvalue weighted by atomic mass is 10.3. The van der Waals surface area contributed by atoms with Gasteiger partial charge < -0.3 is 15.4 Å². The van der Waals surface area contributed by atoms with Gasteiger partial charge >= 0.3 is 6.01 Å². The van der Waals surface area contributed by atoms with Crippen molar-refractivity contribution in [2.75, 3.05) is 30.8 Å². The van der Waals surface area contributed by atoms with Gasteiger partial charge in [-0.05, 0) is 41.4 Å². The second-order valence-electron chi connectivity index (χ2n) is 3.88. The molecule has 6 nitrogen and oxygen atoms in total. The predicted molar refractivity (Wildman–Crippen MR) is 84.8 cm³/mol. The normalized spacial score (nSPS) is 10.3. The minimum absolute atomic E-state index is 0.303. The van der Waals surface area contributed by atoms with Crippen molar-refractivity contribution < 1.29 is 4.74 Å². The molecule has 0 aliphatic carbocycles. The molecule has 0 saturated carbocycles. The van der Waals surface area contributed by atoms with Crippen molar-refractivity contribution in [2.45, 2.75) is 13.3 Å². The largest absolute Gasteiger partial charge is 0.467 e. The maximum absolute atomic E-state index is 5.06. The van der Waals surface area contributed by atoms with Crippen LogP contribution < -0.4 is 15.4 Å². The van der Waals surface area contributed by atoms with Crippen LogP contribution in [0.5, 0.6) is 6.01 Å². The van der Waals surface area contributed by atoms with Crippen molar-refractivity contribution in [3.63, 3.8) is 0 Å². The van der Waals surface area contributed by atoms with Crippen molar-refractivity contribution in [3.05, 3.63) is 20.8 Å². The Balaban J connectivity index is 1.95. The van der Waals surface area contributed by atoms with Gasteiger partial charge in [-0.2, -0.15) is 15.0 Å². The maximum Gasteiger partial charge on any atom is 0.322 e. The molecule has 2 rings (SSSR count). The number of rotatable bonds is 7. The monoisotopic (exact) mass is 357 g/mol. The Hall–Kier alpha value is -1.41. The van der Waals surface area contributed by atoms with E-state index in [2.05, 4.69) is 53.6 Å². The molecule has 108 valence electrons. The minimum Gasteiger partial charge on any atom is -0.467 e. The third-order valence-corrected chi connectivity index (χ3v) is 4.10. The molecule has 0 aromatic carbocycles. The summed E-state index contributed by atoms with van der Waals surface area (Å²) >= 11 is 5.18. The number of nitrogens with zero attached hydrogens (tertiary/aromatic N) is 3. The zero-order valence-electron chi connectivity index (χ0n) is 11.3. The van der Waals surface area contributed by atoms with Gasteiger partial charge in [0.25, 0.3) is 0 Å². The van der Waals surface area contributed by atoms with E-state index in [9.17, 15) is 0 Å². The molecule has 0 spiro atoms. The summed E-state index contributed by atoms with van der Waals surface area (Å²) in [4.78, 5) is 13.9. The molecule has 0 atom stereocenters. The predicted octanol–water partition coefficient (Wildman–Crippen LogP) is 2.79. The first kappa shape index (κ1) is 15.0. The summed E-state index contributed by atoms with van der Waals surface area (Å²) in [6, 6.07) is 4.46. The Morgan fingerprint density at radius 3 is 2.55 bits per heavy atom. The van der Waals surface area contributed by atoms with Gasteiger partial charge in [-0.1, -0.05) is 0 Å². The van der Waals surface area contributed by atoms with E-state index in [4.69, 9.17) is 4.74 Å². The van der Waals surface area contributed by atoms with E-state index in [1.54, 1.807) is 11.3 Å². The molecule has 2 N–H and O–H groups in total. The molecule has 2 aromatic rings. The highest BCUT2D eigenvalue weighted by atomic mass is 79.9. The molecular weight excluding hydrogens is 342 g/mol. The van der Waals surface area contributed by atoms with Gasteiger partial charge in [0.2, 0.25) is 11.9 Å². The summed E-state index contributed by atoms with van der Waals surface area (Å²) < 4.78 is 6.21. The van der Waals surface area contributed by atoms with Crippen molar-refractivity contribution in [3.8, 4) is 6.01 Å². The Kier molecular flexibility index (Phi) is 5.54. The number of methoxy groups -OCH3 is 1. The standard InChI is InChI=1S/C12H16BrN5OS/c1-3-14-10-16-11(18-12(17-10)19-2)15-7-6-8-4-5-9(13)20-8/h4-5H,3,6-7H2,1-2H3,(H2,14,15,16,17,18). The van der Waals surface area contributed by atoms with Crippen LogP contribution in [0.1, 0.15) is 11.8 Å². The highest BCUT2D eigenvalue weighted by Crippen LogP contribution is 2.22. The third-order valence-electron chi connectivity index (χ3n) is 2.42.